The standard InChI is InChI=1S/C13H13N/c1-2-3-6-11-9-12-7-4-5-8-13(12)14-10-11/h3-10H,2H2,1H3. The summed E-state index contributed by atoms with van der Waals surface area (Å²) in [7, 11) is 0. The average molecular weight is 183 g/mol. The lowest BCUT2D eigenvalue weighted by Gasteiger charge is -1.97. The van der Waals surface area contributed by atoms with Crippen LogP contribution in [0.15, 0.2) is 42.6 Å². The third-order valence-electron chi connectivity index (χ3n) is 2.16. The summed E-state index contributed by atoms with van der Waals surface area (Å²) in [6, 6.07) is 10.3. The van der Waals surface area contributed by atoms with Crippen LogP contribution in [0.5, 0.6) is 0 Å². The van der Waals surface area contributed by atoms with Gasteiger partial charge >= 0.3 is 0 Å². The molecule has 0 spiro atoms. The lowest BCUT2D eigenvalue weighted by Crippen LogP contribution is -1.79. The zero-order valence-electron chi connectivity index (χ0n) is 8.27. The average Bonchev–Trinajstić information content (AvgIpc) is 2.26. The molecule has 0 amide bonds. The fraction of sp³-hybridized carbons (Fsp3) is 0.154. The van der Waals surface area contributed by atoms with Crippen molar-refractivity contribution < 1.29 is 0 Å². The Kier molecular flexibility index (Phi) is 2.59. The van der Waals surface area contributed by atoms with E-state index in [-0.39, 0.29) is 0 Å². The van der Waals surface area contributed by atoms with Gasteiger partial charge in [0.1, 0.15) is 0 Å². The van der Waals surface area contributed by atoms with Crippen LogP contribution in [0, 0.1) is 0 Å². The van der Waals surface area contributed by atoms with Gasteiger partial charge in [-0.05, 0) is 24.1 Å². The van der Waals surface area contributed by atoms with E-state index in [2.05, 4.69) is 36.2 Å². The van der Waals surface area contributed by atoms with Crippen molar-refractivity contribution >= 4 is 17.0 Å². The highest BCUT2D eigenvalue weighted by atomic mass is 14.6. The maximum Gasteiger partial charge on any atom is 0.0702 e. The second kappa shape index (κ2) is 4.05. The fourth-order valence-electron chi connectivity index (χ4n) is 1.43. The highest BCUT2D eigenvalue weighted by Gasteiger charge is 1.93. The van der Waals surface area contributed by atoms with Crippen LogP contribution in [0.2, 0.25) is 0 Å². The first-order chi connectivity index (χ1) is 6.90. The number of benzene rings is 1. The number of allylic oxidation sites excluding steroid dienone is 1. The minimum absolute atomic E-state index is 1.06. The van der Waals surface area contributed by atoms with E-state index in [0.29, 0.717) is 0 Å². The molecule has 0 N–H and O–H groups in total. The molecule has 0 aliphatic rings. The van der Waals surface area contributed by atoms with Gasteiger partial charge in [-0.25, -0.2) is 0 Å². The molecule has 1 heterocycles. The quantitative estimate of drug-likeness (QED) is 0.692. The van der Waals surface area contributed by atoms with Crippen LogP contribution in [-0.4, -0.2) is 4.98 Å². The molecule has 0 radical (unpaired) electrons. The smallest absolute Gasteiger partial charge is 0.0702 e. The summed E-state index contributed by atoms with van der Waals surface area (Å²) >= 11 is 0. The van der Waals surface area contributed by atoms with Crippen molar-refractivity contribution in [3.8, 4) is 0 Å². The lowest BCUT2D eigenvalue weighted by molar-refractivity contribution is 1.23. The van der Waals surface area contributed by atoms with E-state index in [0.717, 1.165) is 11.9 Å². The van der Waals surface area contributed by atoms with E-state index in [1.807, 2.05) is 24.4 Å². The van der Waals surface area contributed by atoms with Crippen LogP contribution in [0.4, 0.5) is 0 Å². The van der Waals surface area contributed by atoms with Gasteiger partial charge in [0.15, 0.2) is 0 Å². The molecule has 1 nitrogen and oxygen atoms in total. The first kappa shape index (κ1) is 8.95. The summed E-state index contributed by atoms with van der Waals surface area (Å²) in [5, 5.41) is 1.20. The normalized spacial score (nSPS) is 11.2. The first-order valence-electron chi connectivity index (χ1n) is 4.91. The second-order valence-corrected chi connectivity index (χ2v) is 3.27. The van der Waals surface area contributed by atoms with Gasteiger partial charge in [0.2, 0.25) is 0 Å². The first-order valence-corrected chi connectivity index (χ1v) is 4.91. The summed E-state index contributed by atoms with van der Waals surface area (Å²) in [6.45, 7) is 2.13. The molecule has 2 rings (SSSR count). The van der Waals surface area contributed by atoms with Gasteiger partial charge in [-0.1, -0.05) is 37.3 Å². The van der Waals surface area contributed by atoms with Gasteiger partial charge in [0, 0.05) is 11.6 Å². The van der Waals surface area contributed by atoms with Gasteiger partial charge in [-0.15, -0.1) is 0 Å². The monoisotopic (exact) mass is 183 g/mol. The molecule has 1 aromatic heterocycles. The van der Waals surface area contributed by atoms with Crippen molar-refractivity contribution in [3.63, 3.8) is 0 Å². The van der Waals surface area contributed by atoms with Gasteiger partial charge in [-0.2, -0.15) is 0 Å². The summed E-state index contributed by atoms with van der Waals surface area (Å²) in [5.74, 6) is 0. The third kappa shape index (κ3) is 1.82. The SMILES string of the molecule is CCC=Cc1cnc2ccccc2c1. The Morgan fingerprint density at radius 3 is 3.00 bits per heavy atom. The Morgan fingerprint density at radius 2 is 2.14 bits per heavy atom. The van der Waals surface area contributed by atoms with E-state index in [1.165, 1.54) is 10.9 Å². The molecular formula is C13H13N. The number of hydrogen-bond acceptors (Lipinski definition) is 1. The largest absolute Gasteiger partial charge is 0.256 e. The third-order valence-corrected chi connectivity index (χ3v) is 2.16. The number of nitrogens with zero attached hydrogens (tertiary/aromatic N) is 1. The van der Waals surface area contributed by atoms with Gasteiger partial charge in [0.25, 0.3) is 0 Å². The Bertz CT molecular complexity index is 457. The molecule has 0 aliphatic carbocycles. The number of rotatable bonds is 2. The van der Waals surface area contributed by atoms with E-state index >= 15 is 0 Å². The van der Waals surface area contributed by atoms with Crippen LogP contribution in [0.3, 0.4) is 0 Å². The molecule has 2 aromatic rings. The summed E-state index contributed by atoms with van der Waals surface area (Å²) in [5.41, 5.74) is 2.23. The van der Waals surface area contributed by atoms with E-state index in [9.17, 15) is 0 Å². The molecule has 0 aliphatic heterocycles. The van der Waals surface area contributed by atoms with Crippen LogP contribution in [0.25, 0.3) is 17.0 Å². The summed E-state index contributed by atoms with van der Waals surface area (Å²) in [4.78, 5) is 4.38. The van der Waals surface area contributed by atoms with Crippen molar-refractivity contribution in [2.75, 3.05) is 0 Å². The van der Waals surface area contributed by atoms with Crippen molar-refractivity contribution in [2.24, 2.45) is 0 Å². The van der Waals surface area contributed by atoms with Crippen molar-refractivity contribution in [3.05, 3.63) is 48.2 Å². The minimum atomic E-state index is 1.06. The molecular weight excluding hydrogens is 170 g/mol. The number of fused-ring (bicyclic) bond motifs is 1. The topological polar surface area (TPSA) is 12.9 Å². The molecule has 1 aromatic carbocycles. The Labute approximate surface area is 84.1 Å². The molecule has 14 heavy (non-hydrogen) atoms. The number of pyridine rings is 1. The lowest BCUT2D eigenvalue weighted by atomic mass is 10.1. The maximum absolute atomic E-state index is 4.38. The molecule has 0 saturated carbocycles. The van der Waals surface area contributed by atoms with Crippen LogP contribution in [-0.2, 0) is 0 Å². The Morgan fingerprint density at radius 1 is 1.29 bits per heavy atom. The van der Waals surface area contributed by atoms with Crippen molar-refractivity contribution in [2.45, 2.75) is 13.3 Å². The summed E-state index contributed by atoms with van der Waals surface area (Å²) in [6.07, 6.45) is 7.23. The van der Waals surface area contributed by atoms with Crippen LogP contribution >= 0.6 is 0 Å². The molecule has 0 fully saturated rings. The molecule has 0 bridgehead atoms. The minimum Gasteiger partial charge on any atom is -0.256 e. The number of para-hydroxylation sites is 1. The second-order valence-electron chi connectivity index (χ2n) is 3.27. The highest BCUT2D eigenvalue weighted by molar-refractivity contribution is 5.80. The van der Waals surface area contributed by atoms with Gasteiger partial charge < -0.3 is 0 Å². The molecule has 1 heteroatoms. The molecule has 0 unspecified atom stereocenters. The number of hydrogen-bond donors (Lipinski definition) is 0. The number of aromatic nitrogens is 1. The maximum atomic E-state index is 4.38. The molecule has 70 valence electrons. The van der Waals surface area contributed by atoms with E-state index in [1.54, 1.807) is 0 Å². The van der Waals surface area contributed by atoms with Crippen molar-refractivity contribution in [1.82, 2.24) is 4.98 Å². The highest BCUT2D eigenvalue weighted by Crippen LogP contribution is 2.13. The van der Waals surface area contributed by atoms with E-state index in [4.69, 9.17) is 0 Å². The van der Waals surface area contributed by atoms with Gasteiger partial charge in [0.05, 0.1) is 5.52 Å². The zero-order valence-corrected chi connectivity index (χ0v) is 8.27. The van der Waals surface area contributed by atoms with E-state index < -0.39 is 0 Å². The summed E-state index contributed by atoms with van der Waals surface area (Å²) < 4.78 is 0. The fourth-order valence-corrected chi connectivity index (χ4v) is 1.43. The van der Waals surface area contributed by atoms with Gasteiger partial charge in [-0.3, -0.25) is 4.98 Å². The van der Waals surface area contributed by atoms with Crippen LogP contribution in [0.1, 0.15) is 18.9 Å². The molecule has 0 saturated heterocycles. The predicted octanol–water partition coefficient (Wildman–Crippen LogP) is 3.66. The predicted molar refractivity (Wildman–Crippen MR) is 61.1 cm³/mol. The van der Waals surface area contributed by atoms with Crippen LogP contribution < -0.4 is 0 Å². The van der Waals surface area contributed by atoms with Crippen molar-refractivity contribution in [1.29, 1.82) is 0 Å². The zero-order chi connectivity index (χ0) is 9.80. The Hall–Kier alpha value is -1.63. The Balaban J connectivity index is 2.46. The molecule has 0 atom stereocenters.